The van der Waals surface area contributed by atoms with Crippen molar-refractivity contribution in [3.8, 4) is 111 Å². The largest absolute Gasteiger partial charge is 0.0619 e. The molecule has 0 aromatic heterocycles. The number of benzene rings is 28. The van der Waals surface area contributed by atoms with E-state index in [2.05, 4.69) is 541 Å². The normalized spacial score (nSPS) is 13.9. The monoisotopic (exact) mass is 1900 g/mol. The molecule has 0 atom stereocenters. The van der Waals surface area contributed by atoms with Crippen LogP contribution in [0, 0.1) is 0 Å². The standard InChI is InChI=1S/C52H38.C51H34.C47H32/c1-51(2)45-26-25-33(28-41(45)42-27-31-15-5-6-16-32(31)29-46(42)51)48-36-19-9-11-21-38(36)49(39-22-12-10-20-37(39)48)43-30-47-50(35-18-8-7-17-34(35)43)40-23-13-14-24-44(40)52(47,3)4;1-51(2)47-25-23-36(29-45(47)46-28-33-14-5-6-15-34(33)30-48(46)51)49-40-16-7-9-18-42(40)50(43-19-10-8-17-41(43)49)39-21-11-20-37-38(39)24-22-35-26-31-12-3-4-13-32(31)27-44(35)37;1-47(2)43-24-23-34(27-41(43)42-25-31-12-3-4-13-32(31)28-44(42)47)46-38-17-9-7-15-36(38)45(37-16-8-10-18-39(37)46)33-22-21-30-20-19-29-11-5-6-14-35(29)40(30)26-33/h5-30H,1-4H3;3-30H,1-2H3;3-28H,1-2H3. The van der Waals surface area contributed by atoms with E-state index in [4.69, 9.17) is 0 Å². The minimum Gasteiger partial charge on any atom is -0.0619 e. The fourth-order valence-electron chi connectivity index (χ4n) is 27.9. The Labute approximate surface area is 873 Å². The summed E-state index contributed by atoms with van der Waals surface area (Å²) in [5, 5.41) is 38.7. The Kier molecular flexibility index (Phi) is 19.1. The van der Waals surface area contributed by atoms with Crippen LogP contribution in [0.15, 0.2) is 485 Å². The van der Waals surface area contributed by atoms with Gasteiger partial charge in [0.15, 0.2) is 0 Å². The molecule has 0 saturated heterocycles. The van der Waals surface area contributed by atoms with Gasteiger partial charge in [-0.2, -0.15) is 0 Å². The highest BCUT2D eigenvalue weighted by Gasteiger charge is 2.42. The predicted octanol–water partition coefficient (Wildman–Crippen LogP) is 41.6. The van der Waals surface area contributed by atoms with E-state index in [0.29, 0.717) is 0 Å². The second-order valence-electron chi connectivity index (χ2n) is 44.6. The topological polar surface area (TPSA) is 0 Å². The Bertz CT molecular complexity index is 10600. The van der Waals surface area contributed by atoms with E-state index in [1.54, 1.807) is 0 Å². The number of rotatable bonds is 6. The van der Waals surface area contributed by atoms with Crippen LogP contribution in [0.2, 0.25) is 0 Å². The van der Waals surface area contributed by atoms with Crippen LogP contribution < -0.4 is 0 Å². The summed E-state index contributed by atoms with van der Waals surface area (Å²) in [6, 6.07) is 183. The summed E-state index contributed by atoms with van der Waals surface area (Å²) in [5.41, 5.74) is 37.3. The predicted molar refractivity (Wildman–Crippen MR) is 645 cm³/mol. The first-order valence-corrected chi connectivity index (χ1v) is 53.2. The van der Waals surface area contributed by atoms with Crippen molar-refractivity contribution in [3.05, 3.63) is 530 Å². The molecule has 4 aliphatic rings. The summed E-state index contributed by atoms with van der Waals surface area (Å²) in [4.78, 5) is 0. The van der Waals surface area contributed by atoms with Gasteiger partial charge < -0.3 is 0 Å². The first kappa shape index (κ1) is 87.4. The summed E-state index contributed by atoms with van der Waals surface area (Å²) in [5.74, 6) is 0. The first-order chi connectivity index (χ1) is 73.4. The van der Waals surface area contributed by atoms with Crippen molar-refractivity contribution in [2.45, 2.75) is 77.0 Å². The molecule has 0 amide bonds. The molecule has 0 aliphatic heterocycles. The van der Waals surface area contributed by atoms with Crippen LogP contribution >= 0.6 is 0 Å². The SMILES string of the molecule is CC1(C)c2ccc(-c3c4ccccc4c(-c4cc5c(c6ccccc46)-c4ccccc4C5(C)C)c4ccccc34)cc2-c2cc3ccccc3cc21.CC1(C)c2ccc(-c3c4ccccc4c(-c4ccc5ccc6ccccc6c5c4)c4ccccc34)cc2-c2cc3ccccc3cc21.CC1(C)c2ccc(-c3c4ccccc4c(-c4cccc5c4ccc4cc6ccccc6cc45)c4ccccc34)cc2-c2cc3ccccc3cc21. The van der Waals surface area contributed by atoms with Gasteiger partial charge in [-0.3, -0.25) is 0 Å². The number of fused-ring (bicyclic) bond motifs is 30. The van der Waals surface area contributed by atoms with Crippen molar-refractivity contribution in [2.24, 2.45) is 0 Å². The Morgan fingerprint density at radius 2 is 0.347 bits per heavy atom. The lowest BCUT2D eigenvalue weighted by molar-refractivity contribution is 0.661. The molecule has 0 heterocycles. The van der Waals surface area contributed by atoms with Crippen LogP contribution in [-0.4, -0.2) is 0 Å². The third-order valence-corrected chi connectivity index (χ3v) is 35.2. The summed E-state index contributed by atoms with van der Waals surface area (Å²) >= 11 is 0. The lowest BCUT2D eigenvalue weighted by Crippen LogP contribution is -2.15. The molecule has 28 aromatic rings. The molecular weight excluding hydrogens is 1800 g/mol. The lowest BCUT2D eigenvalue weighted by Gasteiger charge is -2.24. The van der Waals surface area contributed by atoms with Gasteiger partial charge in [-0.15, -0.1) is 0 Å². The van der Waals surface area contributed by atoms with Crippen molar-refractivity contribution in [3.63, 3.8) is 0 Å². The van der Waals surface area contributed by atoms with Crippen LogP contribution in [0.3, 0.4) is 0 Å². The molecule has 0 heteroatoms. The average Bonchev–Trinajstić information content (AvgIpc) is 1.57. The molecular formula is C150H104. The van der Waals surface area contributed by atoms with Gasteiger partial charge in [0.25, 0.3) is 0 Å². The Hall–Kier alpha value is -17.9. The van der Waals surface area contributed by atoms with Gasteiger partial charge in [-0.05, 0) is 396 Å². The molecule has 704 valence electrons. The van der Waals surface area contributed by atoms with Gasteiger partial charge in [0, 0.05) is 21.7 Å². The fraction of sp³-hybridized carbons (Fsp3) is 0.0800. The summed E-state index contributed by atoms with van der Waals surface area (Å²) in [6.07, 6.45) is 0. The van der Waals surface area contributed by atoms with E-state index >= 15 is 0 Å². The van der Waals surface area contributed by atoms with E-state index in [9.17, 15) is 0 Å². The zero-order valence-corrected chi connectivity index (χ0v) is 85.2. The summed E-state index contributed by atoms with van der Waals surface area (Å²) < 4.78 is 0. The Balaban J connectivity index is 0.000000104. The summed E-state index contributed by atoms with van der Waals surface area (Å²) in [7, 11) is 0. The van der Waals surface area contributed by atoms with E-state index < -0.39 is 0 Å². The van der Waals surface area contributed by atoms with Crippen LogP contribution in [0.5, 0.6) is 0 Å². The van der Waals surface area contributed by atoms with E-state index in [0.717, 1.165) is 0 Å². The van der Waals surface area contributed by atoms with Crippen molar-refractivity contribution < 1.29 is 0 Å². The molecule has 0 fully saturated rings. The molecule has 0 N–H and O–H groups in total. The molecule has 0 radical (unpaired) electrons. The zero-order chi connectivity index (χ0) is 100. The second kappa shape index (κ2) is 32.8. The average molecular weight is 1910 g/mol. The summed E-state index contributed by atoms with van der Waals surface area (Å²) in [6.45, 7) is 19.1. The quantitative estimate of drug-likeness (QED) is 0.115. The Morgan fingerprint density at radius 1 is 0.100 bits per heavy atom. The van der Waals surface area contributed by atoms with Crippen molar-refractivity contribution >= 4 is 162 Å². The second-order valence-corrected chi connectivity index (χ2v) is 44.6. The molecule has 150 heavy (non-hydrogen) atoms. The Morgan fingerprint density at radius 3 is 0.753 bits per heavy atom. The number of hydrogen-bond donors (Lipinski definition) is 0. The molecule has 0 spiro atoms. The van der Waals surface area contributed by atoms with Crippen molar-refractivity contribution in [2.75, 3.05) is 0 Å². The van der Waals surface area contributed by atoms with E-state index in [1.165, 1.54) is 317 Å². The van der Waals surface area contributed by atoms with E-state index in [1.807, 2.05) is 0 Å². The minimum absolute atomic E-state index is 0.0541. The van der Waals surface area contributed by atoms with Crippen molar-refractivity contribution in [1.82, 2.24) is 0 Å². The molecule has 0 bridgehead atoms. The first-order valence-electron chi connectivity index (χ1n) is 53.2. The highest BCUT2D eigenvalue weighted by Crippen LogP contribution is 2.61. The van der Waals surface area contributed by atoms with Gasteiger partial charge in [-0.1, -0.05) is 462 Å². The maximum atomic E-state index is 2.53. The lowest BCUT2D eigenvalue weighted by atomic mass is 9.78. The molecule has 0 saturated carbocycles. The molecule has 4 aliphatic carbocycles. The van der Waals surface area contributed by atoms with Crippen LogP contribution in [0.1, 0.15) is 99.9 Å². The highest BCUT2D eigenvalue weighted by molar-refractivity contribution is 6.29. The zero-order valence-electron chi connectivity index (χ0n) is 85.2. The smallest absolute Gasteiger partial charge is 0.0159 e. The van der Waals surface area contributed by atoms with Crippen LogP contribution in [0.25, 0.3) is 273 Å². The third kappa shape index (κ3) is 12.9. The van der Waals surface area contributed by atoms with E-state index in [-0.39, 0.29) is 21.7 Å². The maximum absolute atomic E-state index is 2.53. The van der Waals surface area contributed by atoms with Gasteiger partial charge in [0.05, 0.1) is 0 Å². The number of hydrogen-bond acceptors (Lipinski definition) is 0. The minimum atomic E-state index is -0.101. The fourth-order valence-corrected chi connectivity index (χ4v) is 27.9. The molecule has 0 unspecified atom stereocenters. The maximum Gasteiger partial charge on any atom is 0.0159 e. The van der Waals surface area contributed by atoms with Crippen molar-refractivity contribution in [1.29, 1.82) is 0 Å². The van der Waals surface area contributed by atoms with Gasteiger partial charge >= 0.3 is 0 Å². The van der Waals surface area contributed by atoms with Gasteiger partial charge in [0.1, 0.15) is 0 Å². The molecule has 0 nitrogen and oxygen atoms in total. The van der Waals surface area contributed by atoms with Gasteiger partial charge in [-0.25, -0.2) is 0 Å². The van der Waals surface area contributed by atoms with Crippen LogP contribution in [0.4, 0.5) is 0 Å². The molecule has 32 rings (SSSR count). The van der Waals surface area contributed by atoms with Gasteiger partial charge in [0.2, 0.25) is 0 Å². The highest BCUT2D eigenvalue weighted by atomic mass is 14.5. The molecule has 28 aromatic carbocycles. The van der Waals surface area contributed by atoms with Crippen LogP contribution in [-0.2, 0) is 21.7 Å². The third-order valence-electron chi connectivity index (χ3n) is 35.2.